The number of ether oxygens (including phenoxy) is 3. The number of hydrogen-bond donors (Lipinski definition) is 2. The first-order valence-electron chi connectivity index (χ1n) is 17.0. The van der Waals surface area contributed by atoms with Gasteiger partial charge >= 0.3 is 11.7 Å². The third-order valence-corrected chi connectivity index (χ3v) is 8.15. The Morgan fingerprint density at radius 1 is 0.764 bits per heavy atom. The molecule has 11 nitrogen and oxygen atoms in total. The summed E-state index contributed by atoms with van der Waals surface area (Å²) in [6.45, 7) is 11.3. The van der Waals surface area contributed by atoms with E-state index >= 15 is 0 Å². The SMILES string of the molecule is C.C.CCOC(=O)CCc1ccc(-n2cnn([C@@H](CC)[C@H](C)OCc3ccccc3)c2=O)cc1.CC[C@H](NNC=O)[C@H](C)OCc1ccccc1.S.S.S.S. The van der Waals surface area contributed by atoms with E-state index in [1.807, 2.05) is 113 Å². The number of hydrogen-bond acceptors (Lipinski definition) is 8. The fourth-order valence-corrected chi connectivity index (χ4v) is 5.25. The van der Waals surface area contributed by atoms with E-state index in [9.17, 15) is 14.4 Å². The van der Waals surface area contributed by atoms with Crippen molar-refractivity contribution in [2.45, 2.75) is 113 Å². The summed E-state index contributed by atoms with van der Waals surface area (Å²) in [6, 6.07) is 27.5. The Hall–Kier alpha value is -3.18. The number of carbonyl (C=O) groups is 2. The van der Waals surface area contributed by atoms with E-state index in [4.69, 9.17) is 14.2 Å². The Balaban J connectivity index is -0.000000491. The molecular weight excluding hydrogens is 775 g/mol. The summed E-state index contributed by atoms with van der Waals surface area (Å²) >= 11 is 0. The third kappa shape index (κ3) is 20.0. The number of nitrogens with zero attached hydrogens (tertiary/aromatic N) is 3. The van der Waals surface area contributed by atoms with Gasteiger partial charge in [0.05, 0.1) is 49.8 Å². The van der Waals surface area contributed by atoms with Crippen molar-refractivity contribution in [3.05, 3.63) is 118 Å². The molecule has 0 bridgehead atoms. The number of benzene rings is 3. The molecule has 0 fully saturated rings. The van der Waals surface area contributed by atoms with E-state index in [1.165, 1.54) is 9.25 Å². The van der Waals surface area contributed by atoms with Gasteiger partial charge in [0.25, 0.3) is 0 Å². The van der Waals surface area contributed by atoms with E-state index in [1.54, 1.807) is 13.3 Å². The number of esters is 1. The van der Waals surface area contributed by atoms with Crippen LogP contribution in [0, 0.1) is 0 Å². The van der Waals surface area contributed by atoms with Crippen molar-refractivity contribution in [1.82, 2.24) is 25.2 Å². The number of rotatable bonds is 19. The molecule has 4 rings (SSSR count). The van der Waals surface area contributed by atoms with Crippen LogP contribution in [0.2, 0.25) is 0 Å². The number of nitrogens with one attached hydrogen (secondary N) is 2. The molecule has 0 saturated carbocycles. The summed E-state index contributed by atoms with van der Waals surface area (Å²) in [5.74, 6) is -0.205. The van der Waals surface area contributed by atoms with E-state index in [-0.39, 0.29) is 105 Å². The van der Waals surface area contributed by atoms with Gasteiger partial charge in [-0.05, 0) is 68.9 Å². The lowest BCUT2D eigenvalue weighted by molar-refractivity contribution is -0.143. The zero-order chi connectivity index (χ0) is 35.4. The minimum atomic E-state index is -0.205. The van der Waals surface area contributed by atoms with Gasteiger partial charge < -0.3 is 14.2 Å². The highest BCUT2D eigenvalue weighted by Gasteiger charge is 2.23. The average Bonchev–Trinajstić information content (AvgIpc) is 3.51. The molecule has 1 heterocycles. The highest BCUT2D eigenvalue weighted by Crippen LogP contribution is 2.19. The molecule has 0 aliphatic rings. The smallest absolute Gasteiger partial charge is 0.350 e. The van der Waals surface area contributed by atoms with Gasteiger partial charge in [-0.2, -0.15) is 59.1 Å². The van der Waals surface area contributed by atoms with Crippen LogP contribution in [0.4, 0.5) is 0 Å². The number of carbonyl (C=O) groups excluding carboxylic acids is 2. The molecule has 55 heavy (non-hydrogen) atoms. The largest absolute Gasteiger partial charge is 0.466 e. The number of aromatic nitrogens is 3. The zero-order valence-electron chi connectivity index (χ0n) is 31.3. The van der Waals surface area contributed by atoms with Gasteiger partial charge in [-0.25, -0.2) is 19.5 Å². The van der Waals surface area contributed by atoms with Crippen molar-refractivity contribution >= 4 is 66.4 Å². The summed E-state index contributed by atoms with van der Waals surface area (Å²) in [6.07, 6.45) is 4.58. The van der Waals surface area contributed by atoms with Gasteiger partial charge in [0.2, 0.25) is 6.41 Å². The van der Waals surface area contributed by atoms with Crippen LogP contribution in [-0.2, 0) is 43.4 Å². The number of amides is 1. The van der Waals surface area contributed by atoms with Crippen molar-refractivity contribution in [2.75, 3.05) is 6.61 Å². The first kappa shape index (κ1) is 58.5. The van der Waals surface area contributed by atoms with Gasteiger partial charge in [-0.15, -0.1) is 0 Å². The van der Waals surface area contributed by atoms with Crippen molar-refractivity contribution in [3.8, 4) is 5.69 Å². The second-order valence-electron chi connectivity index (χ2n) is 11.6. The summed E-state index contributed by atoms with van der Waals surface area (Å²) in [5, 5.41) is 4.37. The minimum Gasteiger partial charge on any atom is -0.466 e. The van der Waals surface area contributed by atoms with Crippen LogP contribution in [0.1, 0.15) is 91.5 Å². The van der Waals surface area contributed by atoms with Crippen LogP contribution in [0.15, 0.2) is 96.1 Å². The molecule has 0 radical (unpaired) electrons. The van der Waals surface area contributed by atoms with Crippen LogP contribution in [0.5, 0.6) is 0 Å². The summed E-state index contributed by atoms with van der Waals surface area (Å²) < 4.78 is 19.8. The zero-order valence-corrected chi connectivity index (χ0v) is 35.3. The molecular formula is C40H67N5O6S4. The molecule has 0 unspecified atom stereocenters. The maximum atomic E-state index is 13.1. The van der Waals surface area contributed by atoms with Crippen molar-refractivity contribution < 1.29 is 23.8 Å². The quantitative estimate of drug-likeness (QED) is 0.0568. The molecule has 0 aliphatic heterocycles. The van der Waals surface area contributed by atoms with Crippen molar-refractivity contribution in [3.63, 3.8) is 0 Å². The first-order chi connectivity index (χ1) is 23.8. The molecule has 1 aromatic heterocycles. The van der Waals surface area contributed by atoms with E-state index in [2.05, 4.69) is 16.0 Å². The van der Waals surface area contributed by atoms with Gasteiger partial charge in [-0.1, -0.05) is 101 Å². The highest BCUT2D eigenvalue weighted by molar-refractivity contribution is 7.59. The Bertz CT molecular complexity index is 1580. The fraction of sp³-hybridized carbons (Fsp3) is 0.450. The van der Waals surface area contributed by atoms with Crippen LogP contribution in [0.25, 0.3) is 5.69 Å². The number of hydrazine groups is 1. The predicted molar refractivity (Wildman–Crippen MR) is 245 cm³/mol. The molecule has 312 valence electrons. The predicted octanol–water partition coefficient (Wildman–Crippen LogP) is 7.43. The monoisotopic (exact) mass is 841 g/mol. The average molecular weight is 842 g/mol. The van der Waals surface area contributed by atoms with Gasteiger partial charge in [-0.3, -0.25) is 15.0 Å². The van der Waals surface area contributed by atoms with Crippen LogP contribution in [-0.4, -0.2) is 51.6 Å². The lowest BCUT2D eigenvalue weighted by Crippen LogP contribution is -2.46. The highest BCUT2D eigenvalue weighted by atomic mass is 32.1. The van der Waals surface area contributed by atoms with E-state index < -0.39 is 0 Å². The molecule has 4 aromatic rings. The van der Waals surface area contributed by atoms with E-state index in [0.29, 0.717) is 39.1 Å². The Labute approximate surface area is 357 Å². The third-order valence-electron chi connectivity index (χ3n) is 8.15. The molecule has 3 aromatic carbocycles. The molecule has 0 aliphatic carbocycles. The molecule has 0 spiro atoms. The van der Waals surface area contributed by atoms with Crippen LogP contribution >= 0.6 is 54.0 Å². The first-order valence-corrected chi connectivity index (χ1v) is 17.0. The minimum absolute atomic E-state index is 0. The topological polar surface area (TPSA) is 126 Å². The van der Waals surface area contributed by atoms with E-state index in [0.717, 1.165) is 35.2 Å². The molecule has 2 N–H and O–H groups in total. The Kier molecular flexibility index (Phi) is 35.1. The molecule has 0 saturated heterocycles. The van der Waals surface area contributed by atoms with Crippen LogP contribution < -0.4 is 16.5 Å². The maximum absolute atomic E-state index is 13.1. The fourth-order valence-electron chi connectivity index (χ4n) is 5.25. The molecule has 1 amide bonds. The summed E-state index contributed by atoms with van der Waals surface area (Å²) in [4.78, 5) is 34.8. The maximum Gasteiger partial charge on any atom is 0.350 e. The van der Waals surface area contributed by atoms with Crippen LogP contribution in [0.3, 0.4) is 0 Å². The van der Waals surface area contributed by atoms with Gasteiger partial charge in [0, 0.05) is 6.42 Å². The lowest BCUT2D eigenvalue weighted by atomic mass is 10.1. The van der Waals surface area contributed by atoms with Crippen molar-refractivity contribution in [1.29, 1.82) is 0 Å². The molecule has 15 heteroatoms. The normalized spacial score (nSPS) is 11.9. The second kappa shape index (κ2) is 33.0. The standard InChI is InChI=1S/C25H31N3O4.C13H20N2O2.2CH4.4H2S/c1-4-23(19(3)32-17-21-9-7-6-8-10-21)28-25(30)27(18-26-28)22-14-11-20(12-15-22)13-16-24(29)31-5-2;1-3-13(15-14-10-16)11(2)17-9-12-7-5-4-6-8-12;;;;;;/h6-12,14-15,18-19,23H,4-5,13,16-17H2,1-3H3;4-8,10-11,13,15H,3,9H2,1-2H3,(H,14,16);2*1H4;4*1H2/t19-,23-;11-,13-;;;;;;/m00....../s1. The molecule has 4 atom stereocenters. The second-order valence-corrected chi connectivity index (χ2v) is 11.6. The van der Waals surface area contributed by atoms with Gasteiger partial charge in [0.1, 0.15) is 6.33 Å². The Morgan fingerprint density at radius 2 is 1.29 bits per heavy atom. The summed E-state index contributed by atoms with van der Waals surface area (Å²) in [5.41, 5.74) is 9.16. The number of aryl methyl sites for hydroxylation is 1. The van der Waals surface area contributed by atoms with Gasteiger partial charge in [0.15, 0.2) is 0 Å². The lowest BCUT2D eigenvalue weighted by Gasteiger charge is -2.23. The Morgan fingerprint density at radius 3 is 1.76 bits per heavy atom. The summed E-state index contributed by atoms with van der Waals surface area (Å²) in [7, 11) is 0. The van der Waals surface area contributed by atoms with Crippen molar-refractivity contribution in [2.24, 2.45) is 0 Å².